The largest absolute Gasteiger partial charge is 0.301 e. The molecule has 178 valence electrons. The lowest BCUT2D eigenvalue weighted by Gasteiger charge is -2.42. The number of carbonyl (C=O) groups is 1. The van der Waals surface area contributed by atoms with Crippen molar-refractivity contribution in [1.82, 2.24) is 14.5 Å². The molecule has 2 aliphatic carbocycles. The van der Waals surface area contributed by atoms with E-state index in [4.69, 9.17) is 4.98 Å². The summed E-state index contributed by atoms with van der Waals surface area (Å²) in [5.74, 6) is 0.0436. The number of unbranched alkanes of at least 4 members (excludes halogenated alkanes) is 1. The fourth-order valence-electron chi connectivity index (χ4n) is 5.42. The molecule has 2 aromatic heterocycles. The lowest BCUT2D eigenvalue weighted by molar-refractivity contribution is -0.113. The number of anilines is 1. The molecule has 1 spiro atoms. The van der Waals surface area contributed by atoms with Crippen LogP contribution in [0.4, 0.5) is 5.13 Å². The molecule has 0 unspecified atom stereocenters. The second-order valence-corrected chi connectivity index (χ2v) is 11.1. The molecule has 6 nitrogen and oxygen atoms in total. The molecule has 2 heterocycles. The molecule has 1 aromatic carbocycles. The number of benzene rings is 1. The Morgan fingerprint density at radius 3 is 2.82 bits per heavy atom. The van der Waals surface area contributed by atoms with E-state index in [1.165, 1.54) is 35.1 Å². The van der Waals surface area contributed by atoms with Crippen LogP contribution < -0.4 is 10.9 Å². The Hall–Kier alpha value is -2.45. The molecule has 0 bridgehead atoms. The number of carbonyl (C=O) groups excluding carboxylic acids is 1. The van der Waals surface area contributed by atoms with Gasteiger partial charge in [-0.15, -0.1) is 11.3 Å². The fraction of sp³-hybridized carbons (Fsp3) is 0.462. The molecule has 0 aliphatic heterocycles. The van der Waals surface area contributed by atoms with Gasteiger partial charge in [0, 0.05) is 29.1 Å². The zero-order valence-corrected chi connectivity index (χ0v) is 21.1. The van der Waals surface area contributed by atoms with Crippen LogP contribution in [-0.2, 0) is 23.2 Å². The van der Waals surface area contributed by atoms with Gasteiger partial charge in [0.15, 0.2) is 10.3 Å². The zero-order chi connectivity index (χ0) is 23.5. The van der Waals surface area contributed by atoms with Gasteiger partial charge in [0.2, 0.25) is 5.91 Å². The molecule has 3 aromatic rings. The van der Waals surface area contributed by atoms with E-state index in [1.807, 2.05) is 16.0 Å². The highest BCUT2D eigenvalue weighted by Crippen LogP contribution is 2.48. The highest BCUT2D eigenvalue weighted by atomic mass is 32.2. The molecule has 0 saturated heterocycles. The average molecular weight is 495 g/mol. The molecular weight excluding hydrogens is 464 g/mol. The molecule has 34 heavy (non-hydrogen) atoms. The summed E-state index contributed by atoms with van der Waals surface area (Å²) in [6.45, 7) is 2.76. The SMILES string of the molecule is CCCCn1c(SCC(=O)Nc2nccs2)nc2c(c1=O)C1(CCCCC1)Cc1ccccc1-2. The topological polar surface area (TPSA) is 76.9 Å². The van der Waals surface area contributed by atoms with Gasteiger partial charge in [-0.3, -0.25) is 14.2 Å². The Balaban J connectivity index is 1.57. The molecule has 1 saturated carbocycles. The number of nitrogens with zero attached hydrogens (tertiary/aromatic N) is 3. The monoisotopic (exact) mass is 494 g/mol. The maximum Gasteiger partial charge on any atom is 0.258 e. The first-order chi connectivity index (χ1) is 16.6. The maximum absolute atomic E-state index is 14.1. The average Bonchev–Trinajstić information content (AvgIpc) is 3.35. The Morgan fingerprint density at radius 1 is 1.24 bits per heavy atom. The summed E-state index contributed by atoms with van der Waals surface area (Å²) in [7, 11) is 0. The van der Waals surface area contributed by atoms with Crippen LogP contribution in [0.3, 0.4) is 0 Å². The molecule has 5 rings (SSSR count). The first kappa shape index (κ1) is 23.3. The lowest BCUT2D eigenvalue weighted by atomic mass is 9.62. The summed E-state index contributed by atoms with van der Waals surface area (Å²) >= 11 is 2.73. The van der Waals surface area contributed by atoms with Crippen LogP contribution in [0.1, 0.15) is 63.0 Å². The molecule has 1 amide bonds. The van der Waals surface area contributed by atoms with Gasteiger partial charge < -0.3 is 5.32 Å². The van der Waals surface area contributed by atoms with Gasteiger partial charge >= 0.3 is 0 Å². The number of aromatic nitrogens is 3. The van der Waals surface area contributed by atoms with Crippen molar-refractivity contribution >= 4 is 34.1 Å². The van der Waals surface area contributed by atoms with Crippen LogP contribution in [0.15, 0.2) is 45.8 Å². The van der Waals surface area contributed by atoms with E-state index < -0.39 is 0 Å². The molecule has 0 atom stereocenters. The Kier molecular flexibility index (Phi) is 6.88. The van der Waals surface area contributed by atoms with E-state index in [-0.39, 0.29) is 22.6 Å². The van der Waals surface area contributed by atoms with Gasteiger partial charge in [0.1, 0.15) is 0 Å². The van der Waals surface area contributed by atoms with E-state index in [9.17, 15) is 9.59 Å². The zero-order valence-electron chi connectivity index (χ0n) is 19.5. The molecular formula is C26H30N4O2S2. The summed E-state index contributed by atoms with van der Waals surface area (Å²) in [6.07, 6.45) is 10.1. The van der Waals surface area contributed by atoms with Crippen molar-refractivity contribution in [2.75, 3.05) is 11.1 Å². The van der Waals surface area contributed by atoms with Crippen LogP contribution in [0.5, 0.6) is 0 Å². The minimum Gasteiger partial charge on any atom is -0.301 e. The van der Waals surface area contributed by atoms with Crippen molar-refractivity contribution in [2.24, 2.45) is 0 Å². The number of thiazole rings is 1. The fourth-order valence-corrected chi connectivity index (χ4v) is 6.78. The van der Waals surface area contributed by atoms with Gasteiger partial charge in [0.05, 0.1) is 17.0 Å². The molecule has 1 fully saturated rings. The number of fused-ring (bicyclic) bond motifs is 4. The first-order valence-electron chi connectivity index (χ1n) is 12.2. The number of nitrogens with one attached hydrogen (secondary N) is 1. The van der Waals surface area contributed by atoms with Crippen LogP contribution in [0.25, 0.3) is 11.3 Å². The second kappa shape index (κ2) is 10.0. The third-order valence-corrected chi connectivity index (χ3v) is 8.69. The third kappa shape index (κ3) is 4.45. The van der Waals surface area contributed by atoms with E-state index in [1.54, 1.807) is 6.20 Å². The Labute approximate surface area is 208 Å². The molecule has 8 heteroatoms. The number of amides is 1. The minimum absolute atomic E-state index is 0.0951. The van der Waals surface area contributed by atoms with Gasteiger partial charge in [0.25, 0.3) is 5.56 Å². The van der Waals surface area contributed by atoms with Crippen molar-refractivity contribution in [3.05, 3.63) is 57.3 Å². The summed E-state index contributed by atoms with van der Waals surface area (Å²) in [6, 6.07) is 8.39. The van der Waals surface area contributed by atoms with Gasteiger partial charge in [-0.25, -0.2) is 9.97 Å². The van der Waals surface area contributed by atoms with Crippen molar-refractivity contribution < 1.29 is 4.79 Å². The van der Waals surface area contributed by atoms with Gasteiger partial charge in [-0.05, 0) is 31.2 Å². The van der Waals surface area contributed by atoms with Gasteiger partial charge in [-0.1, -0.05) is 68.6 Å². The number of thioether (sulfide) groups is 1. The maximum atomic E-state index is 14.1. The molecule has 0 radical (unpaired) electrons. The highest BCUT2D eigenvalue weighted by Gasteiger charge is 2.43. The van der Waals surface area contributed by atoms with Crippen LogP contribution >= 0.6 is 23.1 Å². The van der Waals surface area contributed by atoms with E-state index in [2.05, 4.69) is 35.4 Å². The predicted molar refractivity (Wildman–Crippen MR) is 139 cm³/mol. The number of rotatable bonds is 7. The summed E-state index contributed by atoms with van der Waals surface area (Å²) in [4.78, 5) is 35.9. The van der Waals surface area contributed by atoms with Crippen molar-refractivity contribution in [3.63, 3.8) is 0 Å². The number of hydrogen-bond acceptors (Lipinski definition) is 6. The quantitative estimate of drug-likeness (QED) is 0.339. The summed E-state index contributed by atoms with van der Waals surface area (Å²) in [5.41, 5.74) is 4.08. The minimum atomic E-state index is -0.141. The van der Waals surface area contributed by atoms with Crippen molar-refractivity contribution in [2.45, 2.75) is 75.4 Å². The van der Waals surface area contributed by atoms with E-state index in [0.29, 0.717) is 16.8 Å². The number of hydrogen-bond donors (Lipinski definition) is 1. The third-order valence-electron chi connectivity index (χ3n) is 7.02. The smallest absolute Gasteiger partial charge is 0.258 e. The van der Waals surface area contributed by atoms with Crippen LogP contribution in [0.2, 0.25) is 0 Å². The lowest BCUT2D eigenvalue weighted by Crippen LogP contribution is -2.43. The molecule has 1 N–H and O–H groups in total. The second-order valence-electron chi connectivity index (χ2n) is 9.28. The standard InChI is InChI=1S/C26H30N4O2S2/c1-2-3-14-30-23(32)21-22(29-25(30)34-17-20(31)28-24-27-13-15-33-24)19-10-6-5-9-18(19)16-26(21)11-7-4-8-12-26/h5-6,9-10,13,15H,2-4,7-8,11-12,14,16-17H2,1H3,(H,27,28,31). The summed E-state index contributed by atoms with van der Waals surface area (Å²) in [5, 5.41) is 5.87. The van der Waals surface area contributed by atoms with E-state index in [0.717, 1.165) is 61.8 Å². The van der Waals surface area contributed by atoms with Crippen molar-refractivity contribution in [1.29, 1.82) is 0 Å². The highest BCUT2D eigenvalue weighted by molar-refractivity contribution is 7.99. The van der Waals surface area contributed by atoms with E-state index >= 15 is 0 Å². The Morgan fingerprint density at radius 2 is 2.06 bits per heavy atom. The van der Waals surface area contributed by atoms with Crippen LogP contribution in [0, 0.1) is 0 Å². The normalized spacial score (nSPS) is 16.1. The van der Waals surface area contributed by atoms with Crippen molar-refractivity contribution in [3.8, 4) is 11.3 Å². The molecule has 2 aliphatic rings. The van der Waals surface area contributed by atoms with Gasteiger partial charge in [-0.2, -0.15) is 0 Å². The van der Waals surface area contributed by atoms with Crippen LogP contribution in [-0.4, -0.2) is 26.2 Å². The Bertz CT molecular complexity index is 1230. The predicted octanol–water partition coefficient (Wildman–Crippen LogP) is 5.66. The first-order valence-corrected chi connectivity index (χ1v) is 14.0. The summed E-state index contributed by atoms with van der Waals surface area (Å²) < 4.78 is 1.84.